The van der Waals surface area contributed by atoms with Crippen LogP contribution < -0.4 is 0 Å². The first-order chi connectivity index (χ1) is 24.3. The molecule has 0 amide bonds. The Labute approximate surface area is 316 Å². The van der Waals surface area contributed by atoms with Gasteiger partial charge in [0, 0.05) is 0 Å². The van der Waals surface area contributed by atoms with Crippen molar-refractivity contribution in [2.24, 2.45) is 0 Å². The zero-order valence-electron chi connectivity index (χ0n) is 35.0. The molecule has 0 unspecified atom stereocenters. The smallest absolute Gasteiger partial charge is 0.0654 e. The van der Waals surface area contributed by atoms with Crippen LogP contribution >= 0.6 is 8.15 Å². The van der Waals surface area contributed by atoms with Gasteiger partial charge in [-0.05, 0) is 0 Å². The summed E-state index contributed by atoms with van der Waals surface area (Å²) in [6.07, 6.45) is 46.5. The standard InChI is InChI=1S/C45H92NO3P/c1-6-8-10-12-14-16-18-20-22-24-26-28-30-32-34-36-38-40-44(47)50(49-43-42-46(3,4)5)45(48)41-39-37-35-33-31-29-27-25-23-21-19-17-15-13-11-9-7-2/h50H,6-43H2,1-5H3. The number of carbonyl (C=O) groups is 2. The first-order valence-corrected chi connectivity index (χ1v) is 24.1. The summed E-state index contributed by atoms with van der Waals surface area (Å²) in [6.45, 7) is 5.91. The topological polar surface area (TPSA) is 43.4 Å². The molecule has 0 rings (SSSR count). The van der Waals surface area contributed by atoms with Crippen LogP contribution in [-0.2, 0) is 14.1 Å². The van der Waals surface area contributed by atoms with E-state index in [0.717, 1.165) is 36.7 Å². The SMILES string of the molecule is CCCCCCCCCCCCCCCCCCCC(=O)[PH-](OCC[N+](C)(C)C)C(=O)CCCCCCCCCCCCCCCCCCC. The number of nitrogens with zero attached hydrogens (tertiary/aromatic N) is 1. The molecule has 0 aromatic rings. The molecule has 0 aliphatic carbocycles. The van der Waals surface area contributed by atoms with E-state index in [9.17, 15) is 9.59 Å². The Hall–Kier alpha value is -0.310. The van der Waals surface area contributed by atoms with Crippen molar-refractivity contribution in [2.45, 2.75) is 245 Å². The van der Waals surface area contributed by atoms with Crippen molar-refractivity contribution < 1.29 is 18.6 Å². The summed E-state index contributed by atoms with van der Waals surface area (Å²) >= 11 is 0. The van der Waals surface area contributed by atoms with Gasteiger partial charge in [-0.1, -0.05) is 104 Å². The first kappa shape index (κ1) is 49.7. The maximum absolute atomic E-state index is 13.2. The minimum atomic E-state index is -2.05. The Kier molecular flexibility index (Phi) is 38.2. The molecule has 0 radical (unpaired) electrons. The molecule has 5 heteroatoms. The van der Waals surface area contributed by atoms with Gasteiger partial charge in [-0.25, -0.2) is 0 Å². The number of quaternary nitrogens is 1. The van der Waals surface area contributed by atoms with Gasteiger partial charge in [0.25, 0.3) is 0 Å². The molecule has 0 aliphatic rings. The van der Waals surface area contributed by atoms with Gasteiger partial charge in [0.2, 0.25) is 0 Å². The molecule has 300 valence electrons. The quantitative estimate of drug-likeness (QED) is 0.0357. The van der Waals surface area contributed by atoms with E-state index in [1.165, 1.54) is 193 Å². The molecule has 0 aromatic carbocycles. The van der Waals surface area contributed by atoms with E-state index < -0.39 is 8.15 Å². The van der Waals surface area contributed by atoms with E-state index in [0.29, 0.717) is 19.4 Å². The fourth-order valence-corrected chi connectivity index (χ4v) is 8.72. The summed E-state index contributed by atoms with van der Waals surface area (Å²) in [6, 6.07) is 0. The summed E-state index contributed by atoms with van der Waals surface area (Å²) < 4.78 is 6.88. The maximum atomic E-state index is 13.2. The summed E-state index contributed by atoms with van der Waals surface area (Å²) in [7, 11) is 4.35. The zero-order chi connectivity index (χ0) is 36.8. The average Bonchev–Trinajstić information content (AvgIpc) is 3.08. The molecule has 50 heavy (non-hydrogen) atoms. The van der Waals surface area contributed by atoms with Crippen molar-refractivity contribution in [3.63, 3.8) is 0 Å². The Morgan fingerprint density at radius 2 is 0.600 bits per heavy atom. The average molecular weight is 726 g/mol. The molecule has 0 fully saturated rings. The Morgan fingerprint density at radius 1 is 0.380 bits per heavy atom. The first-order valence-electron chi connectivity index (χ1n) is 22.7. The van der Waals surface area contributed by atoms with Crippen molar-refractivity contribution in [3.05, 3.63) is 0 Å². The van der Waals surface area contributed by atoms with Gasteiger partial charge in [-0.15, -0.1) is 0 Å². The van der Waals surface area contributed by atoms with E-state index in [-0.39, 0.29) is 11.0 Å². The molecule has 0 saturated carbocycles. The van der Waals surface area contributed by atoms with Gasteiger partial charge in [0.1, 0.15) is 0 Å². The number of likely N-dealkylation sites (N-methyl/N-ethyl adjacent to an activating group) is 1. The Bertz CT molecular complexity index is 672. The van der Waals surface area contributed by atoms with Crippen LogP contribution in [0.25, 0.3) is 0 Å². The van der Waals surface area contributed by atoms with E-state index in [1.807, 2.05) is 0 Å². The Balaban J connectivity index is 3.94. The van der Waals surface area contributed by atoms with Gasteiger partial charge < -0.3 is 0 Å². The predicted molar refractivity (Wildman–Crippen MR) is 225 cm³/mol. The van der Waals surface area contributed by atoms with E-state index in [2.05, 4.69) is 35.0 Å². The van der Waals surface area contributed by atoms with Crippen LogP contribution in [0.2, 0.25) is 0 Å². The van der Waals surface area contributed by atoms with Crippen molar-refractivity contribution in [3.8, 4) is 0 Å². The van der Waals surface area contributed by atoms with Crippen LogP contribution in [0, 0.1) is 0 Å². The molecule has 0 N–H and O–H groups in total. The molecule has 0 atom stereocenters. The van der Waals surface area contributed by atoms with E-state index in [1.54, 1.807) is 0 Å². The Morgan fingerprint density at radius 3 is 0.820 bits per heavy atom. The molecule has 0 aromatic heterocycles. The zero-order valence-corrected chi connectivity index (χ0v) is 36.0. The predicted octanol–water partition coefficient (Wildman–Crippen LogP) is 15.0. The van der Waals surface area contributed by atoms with E-state index in [4.69, 9.17) is 4.52 Å². The minimum absolute atomic E-state index is 0.120. The summed E-state index contributed by atoms with van der Waals surface area (Å²) in [5.41, 5.74) is 0.240. The molecule has 0 heterocycles. The second-order valence-electron chi connectivity index (χ2n) is 16.9. The molecular formula is C45H92NO3P. The number of hydrogen-bond donors (Lipinski definition) is 0. The summed E-state index contributed by atoms with van der Waals surface area (Å²) in [5, 5.41) is 0. The fourth-order valence-electron chi connectivity index (χ4n) is 6.99. The molecule has 0 saturated heterocycles. The summed E-state index contributed by atoms with van der Waals surface area (Å²) in [5.74, 6) is 0. The molecule has 0 spiro atoms. The minimum Gasteiger partial charge on any atom is -0.0654 e. The number of hydrogen-bond acceptors (Lipinski definition) is 3. The van der Waals surface area contributed by atoms with Gasteiger partial charge in [-0.3, -0.25) is 0 Å². The van der Waals surface area contributed by atoms with Crippen LogP contribution in [0.1, 0.15) is 245 Å². The molecule has 0 aliphatic heterocycles. The number of carbonyl (C=O) groups excluding carboxylic acids is 2. The van der Waals surface area contributed by atoms with Crippen molar-refractivity contribution >= 4 is 19.2 Å². The fraction of sp³-hybridized carbons (Fsp3) is 0.956. The van der Waals surface area contributed by atoms with Gasteiger partial charge in [-0.2, -0.15) is 0 Å². The monoisotopic (exact) mass is 726 g/mol. The van der Waals surface area contributed by atoms with Gasteiger partial charge in [0.05, 0.1) is 0 Å². The number of rotatable bonds is 42. The third-order valence-corrected chi connectivity index (χ3v) is 12.5. The van der Waals surface area contributed by atoms with Crippen LogP contribution in [0.3, 0.4) is 0 Å². The number of unbranched alkanes of at least 4 members (excludes halogenated alkanes) is 32. The van der Waals surface area contributed by atoms with Crippen molar-refractivity contribution in [1.29, 1.82) is 0 Å². The van der Waals surface area contributed by atoms with Gasteiger partial charge in [0.15, 0.2) is 0 Å². The third-order valence-electron chi connectivity index (χ3n) is 10.5. The molecular weight excluding hydrogens is 633 g/mol. The van der Waals surface area contributed by atoms with Crippen LogP contribution in [0.15, 0.2) is 0 Å². The van der Waals surface area contributed by atoms with Crippen molar-refractivity contribution in [2.75, 3.05) is 34.3 Å². The van der Waals surface area contributed by atoms with E-state index >= 15 is 0 Å². The molecule has 4 nitrogen and oxygen atoms in total. The van der Waals surface area contributed by atoms with Gasteiger partial charge >= 0.3 is 213 Å². The van der Waals surface area contributed by atoms with Crippen LogP contribution in [0.5, 0.6) is 0 Å². The second kappa shape index (κ2) is 38.4. The van der Waals surface area contributed by atoms with Crippen LogP contribution in [-0.4, -0.2) is 49.8 Å². The normalized spacial score (nSPS) is 12.1. The second-order valence-corrected chi connectivity index (χ2v) is 18.9. The van der Waals surface area contributed by atoms with Crippen LogP contribution in [0.4, 0.5) is 0 Å². The summed E-state index contributed by atoms with van der Waals surface area (Å²) in [4.78, 5) is 26.4. The third kappa shape index (κ3) is 37.4. The van der Waals surface area contributed by atoms with Crippen molar-refractivity contribution in [1.82, 2.24) is 0 Å². The molecule has 0 bridgehead atoms.